The second-order valence-corrected chi connectivity index (χ2v) is 13.8. The van der Waals surface area contributed by atoms with Gasteiger partial charge in [0, 0.05) is 5.69 Å². The average Bonchev–Trinajstić information content (AvgIpc) is 3.66. The zero-order valence-electron chi connectivity index (χ0n) is 29.1. The van der Waals surface area contributed by atoms with E-state index >= 15 is 0 Å². The van der Waals surface area contributed by atoms with Crippen molar-refractivity contribution >= 4 is 38.6 Å². The number of nitrogens with two attached hydrogens (primary N) is 1. The molecule has 0 aliphatic heterocycles. The van der Waals surface area contributed by atoms with E-state index in [2.05, 4.69) is 159 Å². The van der Waals surface area contributed by atoms with E-state index in [1.54, 1.807) is 0 Å². The summed E-state index contributed by atoms with van der Waals surface area (Å²) in [6, 6.07) is 59.8. The normalized spacial score (nSPS) is 12.9. The number of rotatable bonds is 4. The van der Waals surface area contributed by atoms with Crippen LogP contribution in [0.4, 0.5) is 17.1 Å². The van der Waals surface area contributed by atoms with Crippen LogP contribution in [-0.2, 0) is 5.41 Å². The summed E-state index contributed by atoms with van der Waals surface area (Å²) in [5, 5.41) is 8.60. The van der Waals surface area contributed by atoms with E-state index in [1.807, 2.05) is 24.3 Å². The Morgan fingerprint density at radius 3 is 1.69 bits per heavy atom. The van der Waals surface area contributed by atoms with Gasteiger partial charge in [0.25, 0.3) is 0 Å². The van der Waals surface area contributed by atoms with Gasteiger partial charge in [0.05, 0.1) is 16.8 Å². The summed E-state index contributed by atoms with van der Waals surface area (Å²) in [6.45, 7) is 4.36. The summed E-state index contributed by atoms with van der Waals surface area (Å²) in [7, 11) is 0. The summed E-state index contributed by atoms with van der Waals surface area (Å²) >= 11 is 0. The van der Waals surface area contributed by atoms with Crippen LogP contribution >= 0.6 is 0 Å². The Hall–Kier alpha value is -6.12. The average molecular weight is 657 g/mol. The molecule has 0 heterocycles. The van der Waals surface area contributed by atoms with Crippen LogP contribution in [0, 0.1) is 0 Å². The standard InChI is InChI=1S/C45H30N2.C4H10/c46-41-15-7-8-16-42(41)47-32-22-17-28(18-23-32)30-20-24-34-31(27-30)21-26-38-37-25-19-29-9-1-2-10-33(29)43(37)45(44(34)38)39-13-5-3-11-35(39)36-12-4-6-14-40(36)45;1-3-4-2/h1-27,47H,46H2;3-4H2,1-2H3. The molecule has 2 aliphatic rings. The second-order valence-electron chi connectivity index (χ2n) is 13.8. The highest BCUT2D eigenvalue weighted by atomic mass is 14.9. The van der Waals surface area contributed by atoms with Crippen LogP contribution in [0.2, 0.25) is 0 Å². The van der Waals surface area contributed by atoms with Crippen molar-refractivity contribution in [3.05, 3.63) is 186 Å². The molecule has 10 rings (SSSR count). The Labute approximate surface area is 300 Å². The van der Waals surface area contributed by atoms with E-state index in [-0.39, 0.29) is 0 Å². The zero-order valence-corrected chi connectivity index (χ0v) is 29.1. The van der Waals surface area contributed by atoms with Crippen molar-refractivity contribution in [3.63, 3.8) is 0 Å². The molecule has 2 nitrogen and oxygen atoms in total. The first kappa shape index (κ1) is 30.9. The molecule has 8 aromatic rings. The first-order valence-corrected chi connectivity index (χ1v) is 18.1. The molecule has 8 aromatic carbocycles. The van der Waals surface area contributed by atoms with E-state index in [0.29, 0.717) is 0 Å². The molecule has 51 heavy (non-hydrogen) atoms. The fourth-order valence-electron chi connectivity index (χ4n) is 8.45. The third kappa shape index (κ3) is 4.71. The van der Waals surface area contributed by atoms with Crippen molar-refractivity contribution in [1.82, 2.24) is 0 Å². The van der Waals surface area contributed by atoms with Gasteiger partial charge in [-0.3, -0.25) is 0 Å². The first-order valence-electron chi connectivity index (χ1n) is 18.1. The highest BCUT2D eigenvalue weighted by Gasteiger charge is 2.53. The van der Waals surface area contributed by atoms with Crippen LogP contribution in [-0.4, -0.2) is 0 Å². The van der Waals surface area contributed by atoms with Gasteiger partial charge in [-0.25, -0.2) is 0 Å². The molecule has 2 heteroatoms. The molecule has 3 N–H and O–H groups in total. The number of hydrogen-bond acceptors (Lipinski definition) is 2. The maximum absolute atomic E-state index is 6.17. The Balaban J connectivity index is 0.000000830. The van der Waals surface area contributed by atoms with Crippen LogP contribution in [0.25, 0.3) is 54.9 Å². The summed E-state index contributed by atoms with van der Waals surface area (Å²) < 4.78 is 0. The van der Waals surface area contributed by atoms with Gasteiger partial charge in [-0.1, -0.05) is 160 Å². The Bertz CT molecular complexity index is 2550. The molecule has 0 bridgehead atoms. The number of para-hydroxylation sites is 2. The van der Waals surface area contributed by atoms with Gasteiger partial charge in [0.2, 0.25) is 0 Å². The summed E-state index contributed by atoms with van der Waals surface area (Å²) in [5.74, 6) is 0. The summed E-state index contributed by atoms with van der Waals surface area (Å²) in [6.07, 6.45) is 2.64. The lowest BCUT2D eigenvalue weighted by atomic mass is 9.68. The van der Waals surface area contributed by atoms with Gasteiger partial charge in [-0.15, -0.1) is 0 Å². The Morgan fingerprint density at radius 2 is 1.02 bits per heavy atom. The van der Waals surface area contributed by atoms with Crippen LogP contribution in [0.5, 0.6) is 0 Å². The van der Waals surface area contributed by atoms with Crippen LogP contribution in [0.3, 0.4) is 0 Å². The quantitative estimate of drug-likeness (QED) is 0.185. The van der Waals surface area contributed by atoms with Gasteiger partial charge in [-0.05, 0) is 108 Å². The molecule has 2 aliphatic carbocycles. The van der Waals surface area contributed by atoms with Crippen molar-refractivity contribution in [2.75, 3.05) is 11.1 Å². The number of nitrogens with one attached hydrogen (secondary N) is 1. The molecule has 0 fully saturated rings. The summed E-state index contributed by atoms with van der Waals surface area (Å²) in [4.78, 5) is 0. The summed E-state index contributed by atoms with van der Waals surface area (Å²) in [5.41, 5.74) is 21.7. The van der Waals surface area contributed by atoms with Crippen molar-refractivity contribution in [2.45, 2.75) is 32.1 Å². The lowest BCUT2D eigenvalue weighted by molar-refractivity contribution is 0.809. The molecule has 1 spiro atoms. The second kappa shape index (κ2) is 12.3. The molecule has 0 aromatic heterocycles. The van der Waals surface area contributed by atoms with E-state index in [0.717, 1.165) is 17.1 Å². The van der Waals surface area contributed by atoms with Crippen LogP contribution in [0.1, 0.15) is 48.9 Å². The first-order chi connectivity index (χ1) is 25.1. The molecule has 0 atom stereocenters. The SMILES string of the molecule is CCCC.Nc1ccccc1Nc1ccc(-c2ccc3c4c(ccc3c2)-c2ccc3ccccc3c2C42c3ccccc3-c3ccccc32)cc1. The zero-order chi connectivity index (χ0) is 34.5. The highest BCUT2D eigenvalue weighted by molar-refractivity contribution is 6.09. The maximum Gasteiger partial charge on any atom is 0.0737 e. The largest absolute Gasteiger partial charge is 0.397 e. The predicted octanol–water partition coefficient (Wildman–Crippen LogP) is 13.1. The predicted molar refractivity (Wildman–Crippen MR) is 218 cm³/mol. The molecule has 0 unspecified atom stereocenters. The number of hydrogen-bond donors (Lipinski definition) is 2. The van der Waals surface area contributed by atoms with E-state index in [1.165, 1.54) is 90.0 Å². The van der Waals surface area contributed by atoms with Crippen molar-refractivity contribution < 1.29 is 0 Å². The topological polar surface area (TPSA) is 38.0 Å². The molecular formula is C49H40N2. The molecule has 0 saturated heterocycles. The third-order valence-corrected chi connectivity index (χ3v) is 10.9. The minimum absolute atomic E-state index is 0.410. The fraction of sp³-hybridized carbons (Fsp3) is 0.102. The molecular weight excluding hydrogens is 617 g/mol. The van der Waals surface area contributed by atoms with Gasteiger partial charge < -0.3 is 11.1 Å². The third-order valence-electron chi connectivity index (χ3n) is 10.9. The lowest BCUT2D eigenvalue weighted by Crippen LogP contribution is -2.26. The van der Waals surface area contributed by atoms with Gasteiger partial charge in [-0.2, -0.15) is 0 Å². The van der Waals surface area contributed by atoms with Gasteiger partial charge >= 0.3 is 0 Å². The highest BCUT2D eigenvalue weighted by Crippen LogP contribution is 2.65. The molecule has 0 saturated carbocycles. The minimum atomic E-state index is -0.410. The Kier molecular flexibility index (Phi) is 7.47. The number of anilines is 3. The maximum atomic E-state index is 6.17. The lowest BCUT2D eigenvalue weighted by Gasteiger charge is -2.32. The van der Waals surface area contributed by atoms with Crippen molar-refractivity contribution in [1.29, 1.82) is 0 Å². The van der Waals surface area contributed by atoms with Crippen LogP contribution in [0.15, 0.2) is 164 Å². The minimum Gasteiger partial charge on any atom is -0.397 e. The monoisotopic (exact) mass is 656 g/mol. The number of benzene rings is 8. The van der Waals surface area contributed by atoms with Crippen molar-refractivity contribution in [2.24, 2.45) is 0 Å². The van der Waals surface area contributed by atoms with E-state index in [4.69, 9.17) is 5.73 Å². The van der Waals surface area contributed by atoms with E-state index < -0.39 is 5.41 Å². The van der Waals surface area contributed by atoms with Gasteiger partial charge in [0.15, 0.2) is 0 Å². The smallest absolute Gasteiger partial charge is 0.0737 e. The Morgan fingerprint density at radius 1 is 0.471 bits per heavy atom. The van der Waals surface area contributed by atoms with Gasteiger partial charge in [0.1, 0.15) is 0 Å². The fourth-order valence-corrected chi connectivity index (χ4v) is 8.45. The van der Waals surface area contributed by atoms with Crippen molar-refractivity contribution in [3.8, 4) is 33.4 Å². The van der Waals surface area contributed by atoms with Crippen LogP contribution < -0.4 is 11.1 Å². The molecule has 246 valence electrons. The molecule has 0 radical (unpaired) electrons. The molecule has 0 amide bonds. The number of unbranched alkanes of at least 4 members (excludes halogenated alkanes) is 1. The number of fused-ring (bicyclic) bond motifs is 14. The number of nitrogen functional groups attached to an aromatic ring is 1. The van der Waals surface area contributed by atoms with E-state index in [9.17, 15) is 0 Å².